The van der Waals surface area contributed by atoms with Gasteiger partial charge in [0.1, 0.15) is 5.75 Å². The van der Waals surface area contributed by atoms with Gasteiger partial charge >= 0.3 is 0 Å². The van der Waals surface area contributed by atoms with Crippen LogP contribution in [0.1, 0.15) is 25.3 Å². The molecule has 0 saturated heterocycles. The van der Waals surface area contributed by atoms with E-state index >= 15 is 0 Å². The van der Waals surface area contributed by atoms with E-state index in [1.807, 2.05) is 24.1 Å². The van der Waals surface area contributed by atoms with Crippen LogP contribution in [0, 0.1) is 0 Å². The predicted molar refractivity (Wildman–Crippen MR) is 67.7 cm³/mol. The van der Waals surface area contributed by atoms with Crippen molar-refractivity contribution in [2.45, 2.75) is 19.8 Å². The number of ether oxygens (including phenoxy) is 1. The van der Waals surface area contributed by atoms with Crippen LogP contribution in [0.3, 0.4) is 0 Å². The van der Waals surface area contributed by atoms with E-state index in [1.165, 1.54) is 5.56 Å². The Balaban J connectivity index is 3.01. The van der Waals surface area contributed by atoms with Gasteiger partial charge in [-0.15, -0.1) is 0 Å². The first-order valence-corrected chi connectivity index (χ1v) is 5.42. The summed E-state index contributed by atoms with van der Waals surface area (Å²) in [5, 5.41) is 0. The van der Waals surface area contributed by atoms with Crippen molar-refractivity contribution >= 4 is 5.69 Å². The lowest BCUT2D eigenvalue weighted by molar-refractivity contribution is 0.407. The normalized spacial score (nSPS) is 10.6. The Kier molecular flexibility index (Phi) is 4.58. The lowest BCUT2D eigenvalue weighted by Crippen LogP contribution is -2.35. The van der Waals surface area contributed by atoms with Crippen LogP contribution in [-0.2, 0) is 0 Å². The zero-order valence-electron chi connectivity index (χ0n) is 10.4. The molecule has 3 N–H and O–H groups in total. The van der Waals surface area contributed by atoms with E-state index in [2.05, 4.69) is 25.3 Å². The van der Waals surface area contributed by atoms with Gasteiger partial charge in [-0.3, -0.25) is 5.84 Å². The molecule has 4 heteroatoms. The third-order valence-corrected chi connectivity index (χ3v) is 2.60. The minimum absolute atomic E-state index is 0.439. The van der Waals surface area contributed by atoms with Crippen LogP contribution in [0.25, 0.3) is 0 Å². The van der Waals surface area contributed by atoms with Gasteiger partial charge in [-0.25, -0.2) is 5.43 Å². The summed E-state index contributed by atoms with van der Waals surface area (Å²) in [7, 11) is 3.69. The molecule has 4 nitrogen and oxygen atoms in total. The molecule has 0 fully saturated rings. The van der Waals surface area contributed by atoms with E-state index in [-0.39, 0.29) is 0 Å². The summed E-state index contributed by atoms with van der Waals surface area (Å²) in [6.07, 6.45) is 0. The number of methoxy groups -OCH3 is 1. The van der Waals surface area contributed by atoms with Crippen molar-refractivity contribution in [3.05, 3.63) is 23.8 Å². The molecule has 0 heterocycles. The number of rotatable bonds is 5. The first-order chi connectivity index (χ1) is 7.60. The maximum absolute atomic E-state index is 5.34. The highest BCUT2D eigenvalue weighted by atomic mass is 16.5. The number of anilines is 1. The van der Waals surface area contributed by atoms with Crippen LogP contribution in [0.15, 0.2) is 18.2 Å². The molecule has 0 radical (unpaired) electrons. The first kappa shape index (κ1) is 12.8. The topological polar surface area (TPSA) is 50.5 Å². The van der Waals surface area contributed by atoms with Crippen LogP contribution in [-0.4, -0.2) is 20.8 Å². The van der Waals surface area contributed by atoms with Crippen LogP contribution < -0.4 is 20.9 Å². The van der Waals surface area contributed by atoms with Gasteiger partial charge in [0.15, 0.2) is 0 Å². The molecule has 0 saturated carbocycles. The van der Waals surface area contributed by atoms with Crippen LogP contribution >= 0.6 is 0 Å². The molecule has 0 aromatic heterocycles. The highest BCUT2D eigenvalue weighted by Crippen LogP contribution is 2.30. The standard InChI is InChI=1S/C12H21N3O/c1-9(2)11-7-10(15(3)8-14-13)5-6-12(11)16-4/h5-7,9,14H,8,13H2,1-4H3. The summed E-state index contributed by atoms with van der Waals surface area (Å²) in [5.41, 5.74) is 4.98. The summed E-state index contributed by atoms with van der Waals surface area (Å²) in [5.74, 6) is 6.68. The van der Waals surface area contributed by atoms with E-state index in [1.54, 1.807) is 7.11 Å². The number of nitrogens with one attached hydrogen (secondary N) is 1. The molecule has 1 rings (SSSR count). The van der Waals surface area contributed by atoms with Gasteiger partial charge in [-0.05, 0) is 29.7 Å². The Morgan fingerprint density at radius 1 is 1.44 bits per heavy atom. The molecule has 0 aliphatic carbocycles. The highest BCUT2D eigenvalue weighted by Gasteiger charge is 2.09. The van der Waals surface area contributed by atoms with Gasteiger partial charge in [0, 0.05) is 12.7 Å². The third-order valence-electron chi connectivity index (χ3n) is 2.60. The van der Waals surface area contributed by atoms with E-state index in [4.69, 9.17) is 10.6 Å². The van der Waals surface area contributed by atoms with Crippen molar-refractivity contribution in [2.75, 3.05) is 25.7 Å². The van der Waals surface area contributed by atoms with Crippen molar-refractivity contribution < 1.29 is 4.74 Å². The number of hydrazine groups is 1. The molecule has 0 amide bonds. The van der Waals surface area contributed by atoms with E-state index in [0.29, 0.717) is 12.6 Å². The minimum Gasteiger partial charge on any atom is -0.496 e. The zero-order valence-corrected chi connectivity index (χ0v) is 10.4. The molecular formula is C12H21N3O. The van der Waals surface area contributed by atoms with Crippen LogP contribution in [0.4, 0.5) is 5.69 Å². The number of hydrogen-bond acceptors (Lipinski definition) is 4. The van der Waals surface area contributed by atoms with E-state index < -0.39 is 0 Å². The maximum Gasteiger partial charge on any atom is 0.122 e. The molecule has 1 aromatic carbocycles. The molecule has 1 aromatic rings. The predicted octanol–water partition coefficient (Wildman–Crippen LogP) is 1.68. The molecule has 0 unspecified atom stereocenters. The Bertz CT molecular complexity index is 339. The second-order valence-corrected chi connectivity index (χ2v) is 4.14. The summed E-state index contributed by atoms with van der Waals surface area (Å²) in [4.78, 5) is 2.05. The van der Waals surface area contributed by atoms with E-state index in [9.17, 15) is 0 Å². The second-order valence-electron chi connectivity index (χ2n) is 4.14. The van der Waals surface area contributed by atoms with Gasteiger partial charge in [0.05, 0.1) is 13.8 Å². The Labute approximate surface area is 97.4 Å². The monoisotopic (exact) mass is 223 g/mol. The van der Waals surface area contributed by atoms with Crippen molar-refractivity contribution in [1.82, 2.24) is 5.43 Å². The molecule has 0 aliphatic rings. The lowest BCUT2D eigenvalue weighted by Gasteiger charge is -2.21. The van der Waals surface area contributed by atoms with Gasteiger partial charge in [0.2, 0.25) is 0 Å². The number of nitrogens with zero attached hydrogens (tertiary/aromatic N) is 1. The molecule has 0 spiro atoms. The molecule has 0 atom stereocenters. The molecule has 16 heavy (non-hydrogen) atoms. The maximum atomic E-state index is 5.34. The fraction of sp³-hybridized carbons (Fsp3) is 0.500. The number of nitrogens with two attached hydrogens (primary N) is 1. The fourth-order valence-electron chi connectivity index (χ4n) is 1.64. The highest BCUT2D eigenvalue weighted by molar-refractivity contribution is 5.53. The lowest BCUT2D eigenvalue weighted by atomic mass is 10.0. The van der Waals surface area contributed by atoms with Gasteiger partial charge < -0.3 is 9.64 Å². The first-order valence-electron chi connectivity index (χ1n) is 5.42. The largest absolute Gasteiger partial charge is 0.496 e. The van der Waals surface area contributed by atoms with Crippen molar-refractivity contribution in [2.24, 2.45) is 5.84 Å². The molecule has 0 aliphatic heterocycles. The summed E-state index contributed by atoms with van der Waals surface area (Å²) in [6.45, 7) is 4.93. The van der Waals surface area contributed by atoms with Gasteiger partial charge in [0.25, 0.3) is 0 Å². The molecule has 0 bridgehead atoms. The van der Waals surface area contributed by atoms with Gasteiger partial charge in [-0.1, -0.05) is 13.8 Å². The Hall–Kier alpha value is -1.26. The van der Waals surface area contributed by atoms with Crippen molar-refractivity contribution in [3.63, 3.8) is 0 Å². The molecule has 90 valence electrons. The average Bonchev–Trinajstić information content (AvgIpc) is 2.28. The second kappa shape index (κ2) is 5.72. The number of hydrogen-bond donors (Lipinski definition) is 2. The Morgan fingerprint density at radius 2 is 2.12 bits per heavy atom. The average molecular weight is 223 g/mol. The van der Waals surface area contributed by atoms with Crippen LogP contribution in [0.5, 0.6) is 5.75 Å². The quantitative estimate of drug-likeness (QED) is 0.453. The fourth-order valence-corrected chi connectivity index (χ4v) is 1.64. The van der Waals surface area contributed by atoms with Crippen molar-refractivity contribution in [3.8, 4) is 5.75 Å². The SMILES string of the molecule is COc1ccc(N(C)CNN)cc1C(C)C. The summed E-state index contributed by atoms with van der Waals surface area (Å²) in [6, 6.07) is 6.17. The Morgan fingerprint density at radius 3 is 2.62 bits per heavy atom. The third kappa shape index (κ3) is 2.87. The molecular weight excluding hydrogens is 202 g/mol. The smallest absolute Gasteiger partial charge is 0.122 e. The minimum atomic E-state index is 0.439. The van der Waals surface area contributed by atoms with Crippen LogP contribution in [0.2, 0.25) is 0 Å². The van der Waals surface area contributed by atoms with E-state index in [0.717, 1.165) is 11.4 Å². The summed E-state index contributed by atoms with van der Waals surface area (Å²) >= 11 is 0. The van der Waals surface area contributed by atoms with Gasteiger partial charge in [-0.2, -0.15) is 0 Å². The zero-order chi connectivity index (χ0) is 12.1. The van der Waals surface area contributed by atoms with Crippen molar-refractivity contribution in [1.29, 1.82) is 0 Å². The summed E-state index contributed by atoms with van der Waals surface area (Å²) < 4.78 is 5.34. The number of benzene rings is 1.